The van der Waals surface area contributed by atoms with E-state index in [1.165, 1.54) is 0 Å². The first-order valence-corrected chi connectivity index (χ1v) is 5.91. The lowest BCUT2D eigenvalue weighted by Gasteiger charge is -2.10. The molecule has 2 rings (SSSR count). The highest BCUT2D eigenvalue weighted by Crippen LogP contribution is 2.24. The molecular formula is C16H16O2. The van der Waals surface area contributed by atoms with Crippen LogP contribution in [-0.4, -0.2) is 5.11 Å². The van der Waals surface area contributed by atoms with Crippen molar-refractivity contribution in [2.45, 2.75) is 12.5 Å². The maximum atomic E-state index is 9.79. The van der Waals surface area contributed by atoms with Crippen LogP contribution in [-0.2, 0) is 0 Å². The van der Waals surface area contributed by atoms with Crippen molar-refractivity contribution in [2.24, 2.45) is 0 Å². The maximum absolute atomic E-state index is 9.79. The highest BCUT2D eigenvalue weighted by atomic mass is 16.5. The average molecular weight is 240 g/mol. The third-order valence-corrected chi connectivity index (χ3v) is 2.63. The van der Waals surface area contributed by atoms with Gasteiger partial charge in [-0.3, -0.25) is 0 Å². The van der Waals surface area contributed by atoms with Crippen molar-refractivity contribution in [3.8, 4) is 11.5 Å². The van der Waals surface area contributed by atoms with E-state index in [0.717, 1.165) is 17.1 Å². The molecule has 1 atom stereocenters. The molecule has 0 spiro atoms. The number of benzene rings is 2. The molecule has 0 aromatic heterocycles. The Balaban J connectivity index is 2.06. The van der Waals surface area contributed by atoms with Gasteiger partial charge in [-0.1, -0.05) is 36.4 Å². The molecule has 0 bridgehead atoms. The molecule has 1 N–H and O–H groups in total. The second-order valence-corrected chi connectivity index (χ2v) is 4.02. The molecular weight excluding hydrogens is 224 g/mol. The van der Waals surface area contributed by atoms with Crippen molar-refractivity contribution in [1.82, 2.24) is 0 Å². The Labute approximate surface area is 107 Å². The normalized spacial score (nSPS) is 11.8. The quantitative estimate of drug-likeness (QED) is 0.798. The predicted octanol–water partition coefficient (Wildman–Crippen LogP) is 4.09. The van der Waals surface area contributed by atoms with Crippen LogP contribution in [0.1, 0.15) is 18.1 Å². The first-order chi connectivity index (χ1) is 8.79. The maximum Gasteiger partial charge on any atom is 0.127 e. The molecule has 1 unspecified atom stereocenters. The second kappa shape index (κ2) is 6.03. The van der Waals surface area contributed by atoms with E-state index in [-0.39, 0.29) is 0 Å². The number of hydrogen-bond acceptors (Lipinski definition) is 2. The van der Waals surface area contributed by atoms with Crippen LogP contribution in [0.15, 0.2) is 67.3 Å². The molecule has 0 aliphatic heterocycles. The van der Waals surface area contributed by atoms with Crippen LogP contribution in [0.25, 0.3) is 0 Å². The first-order valence-electron chi connectivity index (χ1n) is 5.91. The molecule has 0 aliphatic carbocycles. The Hall–Kier alpha value is -2.06. The Morgan fingerprint density at radius 1 is 1.00 bits per heavy atom. The fourth-order valence-corrected chi connectivity index (χ4v) is 1.68. The van der Waals surface area contributed by atoms with Crippen LogP contribution in [0.4, 0.5) is 0 Å². The fourth-order valence-electron chi connectivity index (χ4n) is 1.68. The van der Waals surface area contributed by atoms with E-state index in [9.17, 15) is 5.11 Å². The van der Waals surface area contributed by atoms with E-state index in [0.29, 0.717) is 6.42 Å². The van der Waals surface area contributed by atoms with Gasteiger partial charge in [0.05, 0.1) is 6.10 Å². The molecule has 0 radical (unpaired) electrons. The van der Waals surface area contributed by atoms with Gasteiger partial charge in [-0.05, 0) is 36.2 Å². The van der Waals surface area contributed by atoms with E-state index in [4.69, 9.17) is 4.74 Å². The number of rotatable bonds is 5. The monoisotopic (exact) mass is 240 g/mol. The minimum Gasteiger partial charge on any atom is -0.457 e. The van der Waals surface area contributed by atoms with Crippen molar-refractivity contribution in [3.05, 3.63) is 72.8 Å². The molecule has 0 aliphatic rings. The summed E-state index contributed by atoms with van der Waals surface area (Å²) in [6.07, 6.45) is 1.77. The van der Waals surface area contributed by atoms with Gasteiger partial charge in [-0.2, -0.15) is 0 Å². The topological polar surface area (TPSA) is 29.5 Å². The fraction of sp³-hybridized carbons (Fsp3) is 0.125. The summed E-state index contributed by atoms with van der Waals surface area (Å²) in [4.78, 5) is 0. The van der Waals surface area contributed by atoms with Crippen LogP contribution < -0.4 is 4.74 Å². The van der Waals surface area contributed by atoms with E-state index < -0.39 is 6.10 Å². The zero-order valence-corrected chi connectivity index (χ0v) is 10.1. The number of aliphatic hydroxyl groups is 1. The Kier molecular flexibility index (Phi) is 4.15. The van der Waals surface area contributed by atoms with Gasteiger partial charge in [-0.25, -0.2) is 0 Å². The third-order valence-electron chi connectivity index (χ3n) is 2.63. The molecule has 2 nitrogen and oxygen atoms in total. The average Bonchev–Trinajstić information content (AvgIpc) is 2.41. The standard InChI is InChI=1S/C16H16O2/c1-2-6-16(17)13-9-11-15(12-10-13)18-14-7-4-3-5-8-14/h2-5,7-12,16-17H,1,6H2. The van der Waals surface area contributed by atoms with Gasteiger partial charge in [0.25, 0.3) is 0 Å². The number of para-hydroxylation sites is 1. The molecule has 0 saturated carbocycles. The Morgan fingerprint density at radius 2 is 1.61 bits per heavy atom. The smallest absolute Gasteiger partial charge is 0.127 e. The molecule has 0 amide bonds. The SMILES string of the molecule is C=CCC(O)c1ccc(Oc2ccccc2)cc1. The first kappa shape index (κ1) is 12.4. The summed E-state index contributed by atoms with van der Waals surface area (Å²) in [6, 6.07) is 17.1. The third kappa shape index (κ3) is 3.22. The molecule has 2 aromatic carbocycles. The highest BCUT2D eigenvalue weighted by Gasteiger charge is 2.05. The van der Waals surface area contributed by atoms with Gasteiger partial charge in [0.1, 0.15) is 11.5 Å². The molecule has 2 aromatic rings. The van der Waals surface area contributed by atoms with Gasteiger partial charge < -0.3 is 9.84 Å². The summed E-state index contributed by atoms with van der Waals surface area (Å²) in [5.41, 5.74) is 0.871. The molecule has 0 heterocycles. The lowest BCUT2D eigenvalue weighted by molar-refractivity contribution is 0.181. The van der Waals surface area contributed by atoms with E-state index in [1.807, 2.05) is 54.6 Å². The summed E-state index contributed by atoms with van der Waals surface area (Å²) < 4.78 is 5.67. The van der Waals surface area contributed by atoms with E-state index in [2.05, 4.69) is 6.58 Å². The Morgan fingerprint density at radius 3 is 2.22 bits per heavy atom. The summed E-state index contributed by atoms with van der Waals surface area (Å²) in [5.74, 6) is 1.56. The molecule has 0 saturated heterocycles. The van der Waals surface area contributed by atoms with Crippen LogP contribution in [0.5, 0.6) is 11.5 Å². The number of ether oxygens (including phenoxy) is 1. The number of hydrogen-bond donors (Lipinski definition) is 1. The molecule has 0 fully saturated rings. The summed E-state index contributed by atoms with van der Waals surface area (Å²) in [5, 5.41) is 9.79. The largest absolute Gasteiger partial charge is 0.457 e. The lowest BCUT2D eigenvalue weighted by atomic mass is 10.1. The Bertz CT molecular complexity index is 488. The summed E-state index contributed by atoms with van der Waals surface area (Å²) in [7, 11) is 0. The van der Waals surface area contributed by atoms with E-state index >= 15 is 0 Å². The predicted molar refractivity (Wildman–Crippen MR) is 72.7 cm³/mol. The van der Waals surface area contributed by atoms with Gasteiger partial charge in [0, 0.05) is 0 Å². The summed E-state index contributed by atoms with van der Waals surface area (Å²) in [6.45, 7) is 3.61. The molecule has 18 heavy (non-hydrogen) atoms. The highest BCUT2D eigenvalue weighted by molar-refractivity contribution is 5.33. The van der Waals surface area contributed by atoms with E-state index in [1.54, 1.807) is 6.08 Å². The van der Waals surface area contributed by atoms with Gasteiger partial charge in [0.2, 0.25) is 0 Å². The van der Waals surface area contributed by atoms with Crippen molar-refractivity contribution in [2.75, 3.05) is 0 Å². The van der Waals surface area contributed by atoms with Gasteiger partial charge >= 0.3 is 0 Å². The molecule has 92 valence electrons. The lowest BCUT2D eigenvalue weighted by Crippen LogP contribution is -1.95. The van der Waals surface area contributed by atoms with Crippen molar-refractivity contribution >= 4 is 0 Å². The van der Waals surface area contributed by atoms with Gasteiger partial charge in [0.15, 0.2) is 0 Å². The van der Waals surface area contributed by atoms with Crippen LogP contribution in [0.2, 0.25) is 0 Å². The zero-order chi connectivity index (χ0) is 12.8. The molecule has 2 heteroatoms. The van der Waals surface area contributed by atoms with Crippen LogP contribution >= 0.6 is 0 Å². The minimum absolute atomic E-state index is 0.492. The van der Waals surface area contributed by atoms with Crippen molar-refractivity contribution in [3.63, 3.8) is 0 Å². The van der Waals surface area contributed by atoms with Crippen LogP contribution in [0.3, 0.4) is 0 Å². The second-order valence-electron chi connectivity index (χ2n) is 4.02. The van der Waals surface area contributed by atoms with Crippen molar-refractivity contribution < 1.29 is 9.84 Å². The minimum atomic E-state index is -0.492. The van der Waals surface area contributed by atoms with Crippen molar-refractivity contribution in [1.29, 1.82) is 0 Å². The summed E-state index contributed by atoms with van der Waals surface area (Å²) >= 11 is 0. The number of aliphatic hydroxyl groups excluding tert-OH is 1. The van der Waals surface area contributed by atoms with Crippen LogP contribution in [0, 0.1) is 0 Å². The zero-order valence-electron chi connectivity index (χ0n) is 10.1. The van der Waals surface area contributed by atoms with Gasteiger partial charge in [-0.15, -0.1) is 6.58 Å².